The van der Waals surface area contributed by atoms with Crippen LogP contribution in [0, 0.1) is 5.92 Å². The lowest BCUT2D eigenvalue weighted by molar-refractivity contribution is 0.0682. The molecule has 0 aliphatic carbocycles. The Hall–Kier alpha value is -3.09. The van der Waals surface area contributed by atoms with Crippen LogP contribution in [-0.2, 0) is 6.54 Å². The molecule has 7 nitrogen and oxygen atoms in total. The van der Waals surface area contributed by atoms with Crippen LogP contribution in [-0.4, -0.2) is 41.6 Å². The Kier molecular flexibility index (Phi) is 5.14. The number of piperidine rings is 1. The average molecular weight is 381 g/mol. The molecule has 1 aromatic heterocycles. The van der Waals surface area contributed by atoms with Gasteiger partial charge in [-0.2, -0.15) is 0 Å². The number of carbonyl (C=O) groups excluding carboxylic acids is 2. The van der Waals surface area contributed by atoms with E-state index in [1.807, 2.05) is 23.1 Å². The molecule has 4 rings (SSSR count). The van der Waals surface area contributed by atoms with E-state index in [1.54, 1.807) is 6.07 Å². The number of carbonyl (C=O) groups is 2. The predicted molar refractivity (Wildman–Crippen MR) is 102 cm³/mol. The van der Waals surface area contributed by atoms with Gasteiger partial charge in [0, 0.05) is 32.0 Å². The number of amides is 2. The van der Waals surface area contributed by atoms with Crippen molar-refractivity contribution >= 4 is 11.8 Å². The minimum absolute atomic E-state index is 0.0653. The van der Waals surface area contributed by atoms with Crippen LogP contribution in [0.25, 0.3) is 0 Å². The SMILES string of the molecule is CC1CCCN(C(=O)c2cncc(C(=O)NCc3ccc4c(c3)OCO4)c2)C1. The third-order valence-corrected chi connectivity index (χ3v) is 5.08. The highest BCUT2D eigenvalue weighted by atomic mass is 16.7. The van der Waals surface area contributed by atoms with Gasteiger partial charge in [-0.25, -0.2) is 0 Å². The van der Waals surface area contributed by atoms with E-state index in [9.17, 15) is 9.59 Å². The Bertz CT molecular complexity index is 899. The van der Waals surface area contributed by atoms with Crippen LogP contribution in [0.3, 0.4) is 0 Å². The summed E-state index contributed by atoms with van der Waals surface area (Å²) in [6.07, 6.45) is 5.15. The molecule has 0 saturated carbocycles. The molecular weight excluding hydrogens is 358 g/mol. The molecule has 0 radical (unpaired) electrons. The summed E-state index contributed by atoms with van der Waals surface area (Å²) in [5, 5.41) is 2.86. The lowest BCUT2D eigenvalue weighted by atomic mass is 9.99. The number of nitrogens with one attached hydrogen (secondary N) is 1. The minimum atomic E-state index is -0.271. The zero-order valence-electron chi connectivity index (χ0n) is 15.8. The molecule has 1 fully saturated rings. The van der Waals surface area contributed by atoms with Gasteiger partial charge >= 0.3 is 0 Å². The quantitative estimate of drug-likeness (QED) is 0.881. The molecule has 0 bridgehead atoms. The summed E-state index contributed by atoms with van der Waals surface area (Å²) in [4.78, 5) is 31.2. The third kappa shape index (κ3) is 3.93. The Balaban J connectivity index is 1.40. The third-order valence-electron chi connectivity index (χ3n) is 5.08. The number of fused-ring (bicyclic) bond motifs is 1. The maximum absolute atomic E-state index is 12.7. The second-order valence-electron chi connectivity index (χ2n) is 7.33. The Morgan fingerprint density at radius 3 is 2.86 bits per heavy atom. The van der Waals surface area contributed by atoms with E-state index in [4.69, 9.17) is 9.47 Å². The number of ether oxygens (including phenoxy) is 2. The summed E-state index contributed by atoms with van der Waals surface area (Å²) in [7, 11) is 0. The molecule has 2 aliphatic rings. The summed E-state index contributed by atoms with van der Waals surface area (Å²) in [5.41, 5.74) is 1.72. The molecule has 2 aliphatic heterocycles. The topological polar surface area (TPSA) is 80.8 Å². The maximum Gasteiger partial charge on any atom is 0.255 e. The summed E-state index contributed by atoms with van der Waals surface area (Å²) in [5.74, 6) is 1.55. The average Bonchev–Trinajstić information content (AvgIpc) is 3.19. The lowest BCUT2D eigenvalue weighted by Gasteiger charge is -2.30. The first-order chi connectivity index (χ1) is 13.6. The van der Waals surface area contributed by atoms with Crippen molar-refractivity contribution in [2.24, 2.45) is 5.92 Å². The van der Waals surface area contributed by atoms with Crippen LogP contribution < -0.4 is 14.8 Å². The maximum atomic E-state index is 12.7. The highest BCUT2D eigenvalue weighted by Gasteiger charge is 2.23. The van der Waals surface area contributed by atoms with Gasteiger partial charge in [0.25, 0.3) is 11.8 Å². The number of aromatic nitrogens is 1. The lowest BCUT2D eigenvalue weighted by Crippen LogP contribution is -2.39. The van der Waals surface area contributed by atoms with Crippen molar-refractivity contribution in [1.82, 2.24) is 15.2 Å². The van der Waals surface area contributed by atoms with Crippen LogP contribution in [0.15, 0.2) is 36.7 Å². The summed E-state index contributed by atoms with van der Waals surface area (Å²) < 4.78 is 10.6. The first-order valence-electron chi connectivity index (χ1n) is 9.51. The van der Waals surface area contributed by atoms with Gasteiger partial charge in [-0.1, -0.05) is 13.0 Å². The number of rotatable bonds is 4. The first-order valence-corrected chi connectivity index (χ1v) is 9.51. The molecular formula is C21H23N3O4. The molecule has 7 heteroatoms. The van der Waals surface area contributed by atoms with E-state index in [0.29, 0.717) is 35.1 Å². The molecule has 146 valence electrons. The van der Waals surface area contributed by atoms with Crippen molar-refractivity contribution in [3.63, 3.8) is 0 Å². The molecule has 3 heterocycles. The molecule has 2 aromatic rings. The highest BCUT2D eigenvalue weighted by Crippen LogP contribution is 2.32. The fourth-order valence-corrected chi connectivity index (χ4v) is 3.57. The largest absolute Gasteiger partial charge is 0.454 e. The second kappa shape index (κ2) is 7.88. The van der Waals surface area contributed by atoms with Gasteiger partial charge in [-0.05, 0) is 42.5 Å². The zero-order chi connectivity index (χ0) is 19.5. The van der Waals surface area contributed by atoms with Gasteiger partial charge in [0.05, 0.1) is 11.1 Å². The van der Waals surface area contributed by atoms with Crippen LogP contribution in [0.5, 0.6) is 11.5 Å². The van der Waals surface area contributed by atoms with Gasteiger partial charge in [0.2, 0.25) is 6.79 Å². The van der Waals surface area contributed by atoms with Crippen molar-refractivity contribution in [3.8, 4) is 11.5 Å². The van der Waals surface area contributed by atoms with E-state index in [2.05, 4.69) is 17.2 Å². The van der Waals surface area contributed by atoms with Gasteiger partial charge in [-0.15, -0.1) is 0 Å². The van der Waals surface area contributed by atoms with E-state index < -0.39 is 0 Å². The van der Waals surface area contributed by atoms with Gasteiger partial charge in [-0.3, -0.25) is 14.6 Å². The zero-order valence-corrected chi connectivity index (χ0v) is 15.8. The summed E-state index contributed by atoms with van der Waals surface area (Å²) in [6, 6.07) is 7.16. The van der Waals surface area contributed by atoms with Gasteiger partial charge in [0.15, 0.2) is 11.5 Å². The highest BCUT2D eigenvalue weighted by molar-refractivity contribution is 5.99. The number of hydrogen-bond donors (Lipinski definition) is 1. The monoisotopic (exact) mass is 381 g/mol. The Morgan fingerprint density at radius 2 is 2.00 bits per heavy atom. The van der Waals surface area contributed by atoms with Gasteiger partial charge in [0.1, 0.15) is 0 Å². The van der Waals surface area contributed by atoms with E-state index in [0.717, 1.165) is 31.5 Å². The smallest absolute Gasteiger partial charge is 0.255 e. The number of pyridine rings is 1. The molecule has 1 N–H and O–H groups in total. The fourth-order valence-electron chi connectivity index (χ4n) is 3.57. The Morgan fingerprint density at radius 1 is 1.18 bits per heavy atom. The molecule has 28 heavy (non-hydrogen) atoms. The van der Waals surface area contributed by atoms with E-state index in [1.165, 1.54) is 12.4 Å². The number of likely N-dealkylation sites (tertiary alicyclic amines) is 1. The van der Waals surface area contributed by atoms with Crippen molar-refractivity contribution in [2.45, 2.75) is 26.3 Å². The number of hydrogen-bond acceptors (Lipinski definition) is 5. The van der Waals surface area contributed by atoms with E-state index >= 15 is 0 Å². The van der Waals surface area contributed by atoms with Crippen LogP contribution >= 0.6 is 0 Å². The Labute approximate surface area is 163 Å². The molecule has 1 atom stereocenters. The van der Waals surface area contributed by atoms with Crippen molar-refractivity contribution in [3.05, 3.63) is 53.3 Å². The molecule has 1 saturated heterocycles. The van der Waals surface area contributed by atoms with E-state index in [-0.39, 0.29) is 18.6 Å². The summed E-state index contributed by atoms with van der Waals surface area (Å²) in [6.45, 7) is 4.21. The normalized spacial score (nSPS) is 18.0. The van der Waals surface area contributed by atoms with Crippen molar-refractivity contribution < 1.29 is 19.1 Å². The predicted octanol–water partition coefficient (Wildman–Crippen LogP) is 2.61. The molecule has 2 amide bonds. The van der Waals surface area contributed by atoms with Gasteiger partial charge < -0.3 is 19.7 Å². The first kappa shape index (κ1) is 18.3. The number of nitrogens with zero attached hydrogens (tertiary/aromatic N) is 2. The molecule has 1 aromatic carbocycles. The van der Waals surface area contributed by atoms with Crippen LogP contribution in [0.1, 0.15) is 46.0 Å². The van der Waals surface area contributed by atoms with Crippen LogP contribution in [0.4, 0.5) is 0 Å². The van der Waals surface area contributed by atoms with Crippen molar-refractivity contribution in [2.75, 3.05) is 19.9 Å². The standard InChI is InChI=1S/C21H23N3O4/c1-14-3-2-6-24(12-14)21(26)17-8-16(10-22-11-17)20(25)23-9-15-4-5-18-19(7-15)28-13-27-18/h4-5,7-8,10-11,14H,2-3,6,9,12-13H2,1H3,(H,23,25). The van der Waals surface area contributed by atoms with Crippen LogP contribution in [0.2, 0.25) is 0 Å². The number of benzene rings is 1. The second-order valence-corrected chi connectivity index (χ2v) is 7.33. The van der Waals surface area contributed by atoms with Crippen molar-refractivity contribution in [1.29, 1.82) is 0 Å². The molecule has 0 spiro atoms. The summed E-state index contributed by atoms with van der Waals surface area (Å²) >= 11 is 0. The molecule has 1 unspecified atom stereocenters. The minimum Gasteiger partial charge on any atom is -0.454 e. The fraction of sp³-hybridized carbons (Fsp3) is 0.381.